The second-order valence-electron chi connectivity index (χ2n) is 5.98. The summed E-state index contributed by atoms with van der Waals surface area (Å²) < 4.78 is 1.63. The van der Waals surface area contributed by atoms with Gasteiger partial charge in [0.25, 0.3) is 0 Å². The Morgan fingerprint density at radius 2 is 1.93 bits per heavy atom. The molecule has 4 rings (SSSR count). The molecule has 28 heavy (non-hydrogen) atoms. The highest BCUT2D eigenvalue weighted by molar-refractivity contribution is 7.99. The first-order chi connectivity index (χ1) is 13.6. The number of nitriles is 1. The first-order valence-corrected chi connectivity index (χ1v) is 10.1. The van der Waals surface area contributed by atoms with E-state index < -0.39 is 0 Å². The van der Waals surface area contributed by atoms with Crippen molar-refractivity contribution in [1.29, 1.82) is 5.26 Å². The van der Waals surface area contributed by atoms with Crippen LogP contribution in [-0.4, -0.2) is 31.3 Å². The zero-order chi connectivity index (χ0) is 19.5. The number of thioether (sulfide) groups is 1. The van der Waals surface area contributed by atoms with E-state index in [2.05, 4.69) is 26.7 Å². The van der Waals surface area contributed by atoms with Crippen molar-refractivity contribution in [2.75, 3.05) is 11.1 Å². The number of rotatable bonds is 6. The average Bonchev–Trinajstić information content (AvgIpc) is 3.27. The standard InChI is InChI=1S/C19H14N6OS2/c1-12-2-6-14(7-3-12)16(26)11-27-18-22-23-19-25(18)24-17(28-19)21-15-8-4-13(10-20)5-9-15/h2-9H,11H2,1H3,(H,21,24). The quantitative estimate of drug-likeness (QED) is 0.381. The predicted octanol–water partition coefficient (Wildman–Crippen LogP) is 4.08. The maximum Gasteiger partial charge on any atom is 0.237 e. The van der Waals surface area contributed by atoms with Gasteiger partial charge in [-0.15, -0.1) is 15.3 Å². The van der Waals surface area contributed by atoms with Crippen molar-refractivity contribution in [3.05, 3.63) is 65.2 Å². The number of hydrogen-bond donors (Lipinski definition) is 1. The third kappa shape index (κ3) is 3.88. The van der Waals surface area contributed by atoms with Crippen molar-refractivity contribution in [3.63, 3.8) is 0 Å². The van der Waals surface area contributed by atoms with E-state index in [1.165, 1.54) is 23.1 Å². The van der Waals surface area contributed by atoms with Crippen LogP contribution >= 0.6 is 23.1 Å². The van der Waals surface area contributed by atoms with Gasteiger partial charge >= 0.3 is 0 Å². The van der Waals surface area contributed by atoms with Gasteiger partial charge in [-0.05, 0) is 31.2 Å². The smallest absolute Gasteiger partial charge is 0.237 e. The van der Waals surface area contributed by atoms with Crippen molar-refractivity contribution < 1.29 is 4.79 Å². The summed E-state index contributed by atoms with van der Waals surface area (Å²) in [6.45, 7) is 1.99. The van der Waals surface area contributed by atoms with Crippen LogP contribution in [0.4, 0.5) is 10.8 Å². The Labute approximate surface area is 169 Å². The first-order valence-electron chi connectivity index (χ1n) is 8.34. The maximum atomic E-state index is 12.4. The van der Waals surface area contributed by atoms with Crippen molar-refractivity contribution in [1.82, 2.24) is 19.8 Å². The fraction of sp³-hybridized carbons (Fsp3) is 0.105. The molecule has 0 spiro atoms. The van der Waals surface area contributed by atoms with E-state index in [0.717, 1.165) is 11.3 Å². The van der Waals surface area contributed by atoms with Gasteiger partial charge in [0.1, 0.15) is 0 Å². The zero-order valence-corrected chi connectivity index (χ0v) is 16.4. The molecular formula is C19H14N6OS2. The van der Waals surface area contributed by atoms with Crippen LogP contribution in [0.1, 0.15) is 21.5 Å². The lowest BCUT2D eigenvalue weighted by Gasteiger charge is -2.01. The van der Waals surface area contributed by atoms with Gasteiger partial charge < -0.3 is 5.32 Å². The lowest BCUT2D eigenvalue weighted by Crippen LogP contribution is -2.03. The SMILES string of the molecule is Cc1ccc(C(=O)CSc2nnc3sc(Nc4ccc(C#N)cc4)nn23)cc1. The maximum absolute atomic E-state index is 12.4. The fourth-order valence-electron chi connectivity index (χ4n) is 2.44. The average molecular weight is 406 g/mol. The summed E-state index contributed by atoms with van der Waals surface area (Å²) in [5, 5.41) is 26.0. The summed E-state index contributed by atoms with van der Waals surface area (Å²) in [7, 11) is 0. The molecule has 2 heterocycles. The molecule has 0 aliphatic rings. The molecule has 0 aliphatic heterocycles. The molecule has 7 nitrogen and oxygen atoms in total. The van der Waals surface area contributed by atoms with Crippen LogP contribution in [0.2, 0.25) is 0 Å². The summed E-state index contributed by atoms with van der Waals surface area (Å²) in [5.74, 6) is 0.299. The number of ketones is 1. The number of nitrogens with one attached hydrogen (secondary N) is 1. The molecule has 1 N–H and O–H groups in total. The van der Waals surface area contributed by atoms with Crippen molar-refractivity contribution in [3.8, 4) is 6.07 Å². The summed E-state index contributed by atoms with van der Waals surface area (Å²) in [6, 6.07) is 16.7. The molecule has 0 amide bonds. The minimum Gasteiger partial charge on any atom is -0.330 e. The van der Waals surface area contributed by atoms with E-state index in [9.17, 15) is 4.79 Å². The topological polar surface area (TPSA) is 96.0 Å². The number of fused-ring (bicyclic) bond motifs is 1. The second kappa shape index (κ2) is 7.80. The molecule has 0 unspecified atom stereocenters. The highest BCUT2D eigenvalue weighted by Crippen LogP contribution is 2.26. The number of benzene rings is 2. The van der Waals surface area contributed by atoms with E-state index in [1.807, 2.05) is 43.3 Å². The van der Waals surface area contributed by atoms with E-state index >= 15 is 0 Å². The normalized spacial score (nSPS) is 10.7. The highest BCUT2D eigenvalue weighted by Gasteiger charge is 2.14. The molecule has 2 aromatic carbocycles. The van der Waals surface area contributed by atoms with Gasteiger partial charge in [0.2, 0.25) is 15.2 Å². The van der Waals surface area contributed by atoms with Crippen LogP contribution in [0.25, 0.3) is 4.96 Å². The van der Waals surface area contributed by atoms with Crippen LogP contribution in [0.15, 0.2) is 53.7 Å². The Morgan fingerprint density at radius 1 is 1.18 bits per heavy atom. The Kier molecular flexibility index (Phi) is 5.06. The number of carbonyl (C=O) groups excluding carboxylic acids is 1. The van der Waals surface area contributed by atoms with Gasteiger partial charge in [0.15, 0.2) is 5.78 Å². The van der Waals surface area contributed by atoms with E-state index in [1.54, 1.807) is 16.6 Å². The molecule has 0 radical (unpaired) electrons. The predicted molar refractivity (Wildman–Crippen MR) is 109 cm³/mol. The molecular weight excluding hydrogens is 392 g/mol. The summed E-state index contributed by atoms with van der Waals surface area (Å²) in [6.07, 6.45) is 0. The third-order valence-corrected chi connectivity index (χ3v) is 5.67. The number of aryl methyl sites for hydroxylation is 1. The van der Waals surface area contributed by atoms with Gasteiger partial charge in [-0.3, -0.25) is 4.79 Å². The van der Waals surface area contributed by atoms with E-state index in [4.69, 9.17) is 5.26 Å². The molecule has 0 saturated heterocycles. The number of Topliss-reactive ketones (excluding diaryl/α,β-unsaturated/α-hetero) is 1. The summed E-state index contributed by atoms with van der Waals surface area (Å²) in [5.41, 5.74) is 3.22. The Hall–Kier alpha value is -3.22. The number of anilines is 2. The lowest BCUT2D eigenvalue weighted by molar-refractivity contribution is 0.102. The van der Waals surface area contributed by atoms with Crippen molar-refractivity contribution in [2.24, 2.45) is 0 Å². The van der Waals surface area contributed by atoms with E-state index in [0.29, 0.717) is 26.4 Å². The minimum absolute atomic E-state index is 0.0351. The van der Waals surface area contributed by atoms with Gasteiger partial charge in [0.05, 0.1) is 17.4 Å². The third-order valence-electron chi connectivity index (χ3n) is 3.93. The molecule has 0 aliphatic carbocycles. The first kappa shape index (κ1) is 18.2. The van der Waals surface area contributed by atoms with Gasteiger partial charge in [-0.25, -0.2) is 0 Å². The number of aromatic nitrogens is 4. The fourth-order valence-corrected chi connectivity index (χ4v) is 4.04. The Balaban J connectivity index is 1.45. The largest absolute Gasteiger partial charge is 0.330 e. The van der Waals surface area contributed by atoms with E-state index in [-0.39, 0.29) is 11.5 Å². The summed E-state index contributed by atoms with van der Waals surface area (Å²) >= 11 is 2.67. The van der Waals surface area contributed by atoms with Crippen LogP contribution < -0.4 is 5.32 Å². The molecule has 9 heteroatoms. The molecule has 138 valence electrons. The van der Waals surface area contributed by atoms with Crippen molar-refractivity contribution >= 4 is 44.7 Å². The van der Waals surface area contributed by atoms with Crippen LogP contribution in [-0.2, 0) is 0 Å². The summed E-state index contributed by atoms with van der Waals surface area (Å²) in [4.78, 5) is 13.0. The molecule has 0 fully saturated rings. The minimum atomic E-state index is 0.0351. The Morgan fingerprint density at radius 3 is 2.64 bits per heavy atom. The monoisotopic (exact) mass is 406 g/mol. The van der Waals surface area contributed by atoms with Gasteiger partial charge in [-0.1, -0.05) is 52.9 Å². The molecule has 0 bridgehead atoms. The van der Waals surface area contributed by atoms with Crippen molar-refractivity contribution in [2.45, 2.75) is 12.1 Å². The van der Waals surface area contributed by atoms with Crippen LogP contribution in [0.5, 0.6) is 0 Å². The highest BCUT2D eigenvalue weighted by atomic mass is 32.2. The second-order valence-corrected chi connectivity index (χ2v) is 7.87. The Bertz CT molecular complexity index is 1170. The van der Waals surface area contributed by atoms with Gasteiger partial charge in [-0.2, -0.15) is 9.78 Å². The molecule has 4 aromatic rings. The molecule has 0 saturated carbocycles. The zero-order valence-electron chi connectivity index (χ0n) is 14.8. The number of hydrogen-bond acceptors (Lipinski definition) is 8. The lowest BCUT2D eigenvalue weighted by atomic mass is 10.1. The number of carbonyl (C=O) groups is 1. The molecule has 2 aromatic heterocycles. The van der Waals surface area contributed by atoms with Crippen LogP contribution in [0.3, 0.4) is 0 Å². The van der Waals surface area contributed by atoms with Crippen LogP contribution in [0, 0.1) is 18.3 Å². The number of nitrogens with zero attached hydrogens (tertiary/aromatic N) is 5. The molecule has 0 atom stereocenters. The van der Waals surface area contributed by atoms with Gasteiger partial charge in [0, 0.05) is 11.3 Å².